The molecule has 3 aromatic carbocycles. The van der Waals surface area contributed by atoms with Crippen molar-refractivity contribution in [1.29, 1.82) is 0 Å². The Hall–Kier alpha value is -2.69. The van der Waals surface area contributed by atoms with Crippen LogP contribution in [0.25, 0.3) is 10.4 Å². The maximum Gasteiger partial charge on any atom is 0.220 e. The molecule has 0 aliphatic rings. The summed E-state index contributed by atoms with van der Waals surface area (Å²) >= 11 is 1.87. The molecule has 0 atom stereocenters. The molecule has 0 aliphatic heterocycles. The van der Waals surface area contributed by atoms with Crippen molar-refractivity contribution in [2.45, 2.75) is 40.7 Å². The van der Waals surface area contributed by atoms with Crippen molar-refractivity contribution in [3.63, 3.8) is 0 Å². The molecule has 0 spiro atoms. The monoisotopic (exact) mass is 461 g/mol. The fourth-order valence-corrected chi connectivity index (χ4v) is 7.02. The first kappa shape index (κ1) is 22.5. The van der Waals surface area contributed by atoms with E-state index < -0.39 is 0 Å². The lowest BCUT2D eigenvalue weighted by molar-refractivity contribution is 0.317. The highest BCUT2D eigenvalue weighted by Gasteiger charge is 2.31. The topological polar surface area (TPSA) is 18.5 Å². The normalized spacial score (nSPS) is 11.0. The molecule has 0 amide bonds. The lowest BCUT2D eigenvalue weighted by atomic mass is 10.2. The lowest BCUT2D eigenvalue weighted by Gasteiger charge is -2.09. The van der Waals surface area contributed by atoms with E-state index in [4.69, 9.17) is 9.47 Å². The molecule has 4 aromatic rings. The summed E-state index contributed by atoms with van der Waals surface area (Å²) in [6.45, 7) is 5.74. The van der Waals surface area contributed by atoms with E-state index in [1.54, 1.807) is 0 Å². The third-order valence-corrected chi connectivity index (χ3v) is 8.61. The smallest absolute Gasteiger partial charge is 0.220 e. The third-order valence-electron chi connectivity index (χ3n) is 4.91. The number of thiophene rings is 1. The van der Waals surface area contributed by atoms with Crippen LogP contribution >= 0.6 is 11.3 Å². The van der Waals surface area contributed by atoms with Crippen LogP contribution in [0.15, 0.2) is 105 Å². The van der Waals surface area contributed by atoms with Gasteiger partial charge >= 0.3 is 0 Å². The summed E-state index contributed by atoms with van der Waals surface area (Å²) in [5.74, 6) is 1.86. The number of hydrogen-bond acceptors (Lipinski definition) is 3. The van der Waals surface area contributed by atoms with E-state index in [-0.39, 0.29) is 10.9 Å². The first-order valence-electron chi connectivity index (χ1n) is 11.1. The average Bonchev–Trinajstić information content (AvgIpc) is 3.33. The molecule has 0 saturated carbocycles. The summed E-state index contributed by atoms with van der Waals surface area (Å²) in [5.41, 5.74) is 1.26. The van der Waals surface area contributed by atoms with Crippen molar-refractivity contribution in [3.05, 3.63) is 91.0 Å². The van der Waals surface area contributed by atoms with E-state index in [1.165, 1.54) is 24.4 Å². The fraction of sp³-hybridized carbons (Fsp3) is 0.214. The molecule has 164 valence electrons. The molecule has 1 heterocycles. The zero-order valence-electron chi connectivity index (χ0n) is 18.6. The largest absolute Gasteiger partial charge is 0.494 e. The summed E-state index contributed by atoms with van der Waals surface area (Å²) in [6.07, 6.45) is 2.02. The maximum absolute atomic E-state index is 5.81. The van der Waals surface area contributed by atoms with E-state index in [9.17, 15) is 0 Å². The van der Waals surface area contributed by atoms with Gasteiger partial charge in [0.25, 0.3) is 0 Å². The van der Waals surface area contributed by atoms with Crippen LogP contribution in [0.1, 0.15) is 26.7 Å². The van der Waals surface area contributed by atoms with E-state index in [0.29, 0.717) is 0 Å². The standard InChI is InChI=1S/C28H29O2S2/c1-3-20-29-23-10-14-25(15-11-23)32(26-16-12-24(13-17-26)30-21-4-2)28-19-18-27(31-28)22-8-6-5-7-9-22/h5-19H,3-4,20-21H2,1-2H3/q+1. The highest BCUT2D eigenvalue weighted by Crippen LogP contribution is 2.39. The van der Waals surface area contributed by atoms with Crippen LogP contribution < -0.4 is 9.47 Å². The van der Waals surface area contributed by atoms with Crippen LogP contribution in [0.4, 0.5) is 0 Å². The third kappa shape index (κ3) is 5.56. The lowest BCUT2D eigenvalue weighted by Crippen LogP contribution is -2.04. The Labute approximate surface area is 198 Å². The van der Waals surface area contributed by atoms with Gasteiger partial charge in [-0.25, -0.2) is 0 Å². The molecule has 0 N–H and O–H groups in total. The first-order valence-corrected chi connectivity index (χ1v) is 13.2. The van der Waals surface area contributed by atoms with E-state index >= 15 is 0 Å². The minimum Gasteiger partial charge on any atom is -0.494 e. The molecule has 0 fully saturated rings. The minimum atomic E-state index is -0.188. The molecule has 32 heavy (non-hydrogen) atoms. The molecule has 0 unspecified atom stereocenters. The van der Waals surface area contributed by atoms with Gasteiger partial charge in [-0.1, -0.05) is 55.5 Å². The zero-order valence-corrected chi connectivity index (χ0v) is 20.3. The molecule has 0 bridgehead atoms. The van der Waals surface area contributed by atoms with Crippen molar-refractivity contribution in [2.75, 3.05) is 13.2 Å². The molecule has 4 rings (SSSR count). The van der Waals surface area contributed by atoms with Gasteiger partial charge in [0.15, 0.2) is 9.79 Å². The Morgan fingerprint density at radius 3 is 1.66 bits per heavy atom. The molecule has 2 nitrogen and oxygen atoms in total. The summed E-state index contributed by atoms with van der Waals surface area (Å²) in [6, 6.07) is 32.3. The highest BCUT2D eigenvalue weighted by atomic mass is 32.2. The summed E-state index contributed by atoms with van der Waals surface area (Å²) in [4.78, 5) is 3.87. The molecule has 1 aromatic heterocycles. The second kappa shape index (κ2) is 11.3. The van der Waals surface area contributed by atoms with Gasteiger partial charge in [-0.3, -0.25) is 0 Å². The van der Waals surface area contributed by atoms with E-state index in [1.807, 2.05) is 11.3 Å². The second-order valence-corrected chi connectivity index (χ2v) is 10.8. The zero-order chi connectivity index (χ0) is 22.2. The second-order valence-electron chi connectivity index (χ2n) is 7.43. The number of hydrogen-bond donors (Lipinski definition) is 0. The highest BCUT2D eigenvalue weighted by molar-refractivity contribution is 7.99. The van der Waals surface area contributed by atoms with Gasteiger partial charge < -0.3 is 9.47 Å². The molecule has 0 aliphatic carbocycles. The molecule has 0 radical (unpaired) electrons. The average molecular weight is 462 g/mol. The van der Waals surface area contributed by atoms with Crippen LogP contribution in [0.3, 0.4) is 0 Å². The first-order chi connectivity index (χ1) is 15.8. The van der Waals surface area contributed by atoms with Crippen LogP contribution in [0.5, 0.6) is 11.5 Å². The number of ether oxygens (including phenoxy) is 2. The number of benzene rings is 3. The Morgan fingerprint density at radius 2 is 1.16 bits per heavy atom. The van der Waals surface area contributed by atoms with Gasteiger partial charge in [-0.15, -0.1) is 0 Å². The summed E-state index contributed by atoms with van der Waals surface area (Å²) in [5, 5.41) is 0. The Kier molecular flexibility index (Phi) is 7.92. The van der Waals surface area contributed by atoms with Crippen molar-refractivity contribution in [3.8, 4) is 21.9 Å². The SMILES string of the molecule is CCCOc1ccc([S+](c2ccc(OCCC)cc2)c2ccc(-c3ccccc3)s2)cc1. The van der Waals surface area contributed by atoms with Gasteiger partial charge in [-0.2, -0.15) is 0 Å². The summed E-state index contributed by atoms with van der Waals surface area (Å²) < 4.78 is 13.0. The van der Waals surface area contributed by atoms with Gasteiger partial charge in [-0.05, 0) is 73.0 Å². The van der Waals surface area contributed by atoms with Crippen molar-refractivity contribution < 1.29 is 9.47 Å². The molecule has 0 saturated heterocycles. The van der Waals surface area contributed by atoms with Crippen molar-refractivity contribution in [1.82, 2.24) is 0 Å². The van der Waals surface area contributed by atoms with Gasteiger partial charge in [0.1, 0.15) is 22.4 Å². The Balaban J connectivity index is 1.68. The predicted molar refractivity (Wildman–Crippen MR) is 136 cm³/mol. The Bertz CT molecular complexity index is 1040. The quantitative estimate of drug-likeness (QED) is 0.222. The predicted octanol–water partition coefficient (Wildman–Crippen LogP) is 8.09. The van der Waals surface area contributed by atoms with Crippen molar-refractivity contribution in [2.24, 2.45) is 0 Å². The van der Waals surface area contributed by atoms with Gasteiger partial charge in [0.2, 0.25) is 4.21 Å². The van der Waals surface area contributed by atoms with Crippen LogP contribution in [-0.2, 0) is 10.9 Å². The Morgan fingerprint density at radius 1 is 0.625 bits per heavy atom. The molecule has 4 heteroatoms. The van der Waals surface area contributed by atoms with E-state index in [2.05, 4.69) is 105 Å². The van der Waals surface area contributed by atoms with Crippen LogP contribution in [0, 0.1) is 0 Å². The summed E-state index contributed by atoms with van der Waals surface area (Å²) in [7, 11) is -0.188. The molecular weight excluding hydrogens is 432 g/mol. The fourth-order valence-electron chi connectivity index (χ4n) is 3.34. The van der Waals surface area contributed by atoms with E-state index in [0.717, 1.165) is 37.6 Å². The van der Waals surface area contributed by atoms with Crippen LogP contribution in [0.2, 0.25) is 0 Å². The van der Waals surface area contributed by atoms with Gasteiger partial charge in [0.05, 0.1) is 13.2 Å². The van der Waals surface area contributed by atoms with Crippen molar-refractivity contribution >= 4 is 22.2 Å². The molecular formula is C28H29O2S2+. The minimum absolute atomic E-state index is 0.188. The maximum atomic E-state index is 5.81. The van der Waals surface area contributed by atoms with Crippen LogP contribution in [-0.4, -0.2) is 13.2 Å². The van der Waals surface area contributed by atoms with Gasteiger partial charge in [0, 0.05) is 10.9 Å². The number of rotatable bonds is 10.